The Morgan fingerprint density at radius 1 is 1.17 bits per heavy atom. The Labute approximate surface area is 183 Å². The first-order valence-electron chi connectivity index (χ1n) is 9.44. The molecule has 1 amide bonds. The average molecular weight is 445 g/mol. The number of Topliss-reactive ketones (excluding diaryl/α,β-unsaturated/α-hetero) is 1. The molecule has 0 saturated carbocycles. The number of aromatic nitrogens is 2. The van der Waals surface area contributed by atoms with Crippen molar-refractivity contribution in [1.82, 2.24) is 10.2 Å². The van der Waals surface area contributed by atoms with Crippen molar-refractivity contribution in [3.8, 4) is 0 Å². The largest absolute Gasteiger partial charge is 0.467 e. The van der Waals surface area contributed by atoms with Crippen LogP contribution in [0.1, 0.15) is 43.8 Å². The smallest absolute Gasteiger partial charge is 0.229 e. The van der Waals surface area contributed by atoms with Crippen molar-refractivity contribution in [2.45, 2.75) is 43.8 Å². The summed E-state index contributed by atoms with van der Waals surface area (Å²) in [6, 6.07) is 10.7. The van der Waals surface area contributed by atoms with E-state index in [0.29, 0.717) is 27.3 Å². The first-order chi connectivity index (χ1) is 14.2. The molecule has 2 aromatic heterocycles. The highest BCUT2D eigenvalue weighted by atomic mass is 32.2. The molecule has 0 unspecified atom stereocenters. The lowest BCUT2D eigenvalue weighted by atomic mass is 9.95. The molecule has 2 N–H and O–H groups in total. The van der Waals surface area contributed by atoms with Crippen molar-refractivity contribution < 1.29 is 14.0 Å². The zero-order valence-electron chi connectivity index (χ0n) is 17.3. The molecule has 0 aliphatic rings. The molecule has 30 heavy (non-hydrogen) atoms. The lowest BCUT2D eigenvalue weighted by molar-refractivity contribution is -0.123. The van der Waals surface area contributed by atoms with Gasteiger partial charge in [0.25, 0.3) is 0 Å². The third-order valence-corrected chi connectivity index (χ3v) is 6.22. The van der Waals surface area contributed by atoms with Crippen LogP contribution in [0.5, 0.6) is 0 Å². The minimum atomic E-state index is -0.479. The van der Waals surface area contributed by atoms with Gasteiger partial charge in [0.1, 0.15) is 5.76 Å². The summed E-state index contributed by atoms with van der Waals surface area (Å²) in [5, 5.41) is 14.6. The molecular formula is C21H24N4O3S2. The number of nitrogens with zero attached hydrogens (tertiary/aromatic N) is 2. The lowest BCUT2D eigenvalue weighted by Crippen LogP contribution is -2.27. The summed E-state index contributed by atoms with van der Waals surface area (Å²) in [7, 11) is 0. The minimum Gasteiger partial charge on any atom is -0.467 e. The number of carbonyl (C=O) groups excluding carboxylic acids is 2. The van der Waals surface area contributed by atoms with E-state index in [1.54, 1.807) is 30.5 Å². The predicted molar refractivity (Wildman–Crippen MR) is 120 cm³/mol. The summed E-state index contributed by atoms with van der Waals surface area (Å²) in [5.41, 5.74) is 0.778. The fourth-order valence-corrected chi connectivity index (χ4v) is 4.35. The number of amides is 1. The van der Waals surface area contributed by atoms with E-state index in [1.807, 2.05) is 39.8 Å². The van der Waals surface area contributed by atoms with Crippen LogP contribution in [0.2, 0.25) is 0 Å². The van der Waals surface area contributed by atoms with Gasteiger partial charge in [-0.1, -0.05) is 43.9 Å². The number of thioether (sulfide) groups is 1. The lowest BCUT2D eigenvalue weighted by Gasteiger charge is -2.17. The SMILES string of the molecule is C[C@H](Sc1nnc(NCc2ccco2)s1)C(=O)c1ccc(NC(=O)C(C)(C)C)cc1. The zero-order chi connectivity index (χ0) is 21.7. The van der Waals surface area contributed by atoms with Gasteiger partial charge in [0.2, 0.25) is 11.0 Å². The van der Waals surface area contributed by atoms with E-state index in [-0.39, 0.29) is 16.9 Å². The number of furan rings is 1. The summed E-state index contributed by atoms with van der Waals surface area (Å²) in [6.07, 6.45) is 1.62. The van der Waals surface area contributed by atoms with Crippen molar-refractivity contribution in [2.75, 3.05) is 10.6 Å². The van der Waals surface area contributed by atoms with E-state index >= 15 is 0 Å². The molecule has 0 radical (unpaired) electrons. The molecule has 2 heterocycles. The van der Waals surface area contributed by atoms with Crippen LogP contribution in [0.15, 0.2) is 51.4 Å². The number of hydrogen-bond donors (Lipinski definition) is 2. The molecule has 9 heteroatoms. The van der Waals surface area contributed by atoms with Gasteiger partial charge < -0.3 is 15.1 Å². The van der Waals surface area contributed by atoms with Crippen LogP contribution in [0, 0.1) is 5.41 Å². The number of ketones is 1. The highest BCUT2D eigenvalue weighted by Gasteiger charge is 2.22. The standard InChI is InChI=1S/C21H24N4O3S2/c1-13(29-20-25-24-19(30-20)22-12-16-6-5-11-28-16)17(26)14-7-9-15(10-8-14)23-18(27)21(2,3)4/h5-11,13H,12H2,1-4H3,(H,22,24)(H,23,27)/t13-/m0/s1. The molecule has 0 aliphatic carbocycles. The highest BCUT2D eigenvalue weighted by Crippen LogP contribution is 2.31. The van der Waals surface area contributed by atoms with Gasteiger partial charge in [-0.25, -0.2) is 0 Å². The number of anilines is 2. The van der Waals surface area contributed by atoms with Gasteiger partial charge in [-0.2, -0.15) is 0 Å². The van der Waals surface area contributed by atoms with E-state index in [1.165, 1.54) is 23.1 Å². The predicted octanol–water partition coefficient (Wildman–Crippen LogP) is 5.09. The molecule has 0 saturated heterocycles. The minimum absolute atomic E-state index is 0.00556. The summed E-state index contributed by atoms with van der Waals surface area (Å²) < 4.78 is 5.99. The van der Waals surface area contributed by atoms with Crippen LogP contribution in [0.3, 0.4) is 0 Å². The maximum Gasteiger partial charge on any atom is 0.229 e. The number of carbonyl (C=O) groups is 2. The second-order valence-electron chi connectivity index (χ2n) is 7.71. The first kappa shape index (κ1) is 22.0. The Morgan fingerprint density at radius 2 is 1.90 bits per heavy atom. The second kappa shape index (κ2) is 9.44. The molecule has 1 aromatic carbocycles. The molecule has 3 rings (SSSR count). The van der Waals surface area contributed by atoms with Crippen LogP contribution >= 0.6 is 23.1 Å². The summed E-state index contributed by atoms with van der Waals surface area (Å²) >= 11 is 2.77. The molecule has 0 aliphatic heterocycles. The normalized spacial score (nSPS) is 12.4. The van der Waals surface area contributed by atoms with Crippen LogP contribution in [0.4, 0.5) is 10.8 Å². The number of rotatable bonds is 8. The van der Waals surface area contributed by atoms with Crippen LogP contribution in [0.25, 0.3) is 0 Å². The van der Waals surface area contributed by atoms with Crippen LogP contribution < -0.4 is 10.6 Å². The number of hydrogen-bond acceptors (Lipinski definition) is 8. The average Bonchev–Trinajstić information content (AvgIpc) is 3.37. The van der Waals surface area contributed by atoms with E-state index in [4.69, 9.17) is 4.42 Å². The summed E-state index contributed by atoms with van der Waals surface area (Å²) in [5.74, 6) is 0.734. The van der Waals surface area contributed by atoms with Crippen molar-refractivity contribution >= 4 is 45.6 Å². The van der Waals surface area contributed by atoms with E-state index in [9.17, 15) is 9.59 Å². The van der Waals surface area contributed by atoms with Crippen LogP contribution in [-0.2, 0) is 11.3 Å². The zero-order valence-corrected chi connectivity index (χ0v) is 18.9. The molecule has 0 fully saturated rings. The van der Waals surface area contributed by atoms with E-state index in [0.717, 1.165) is 5.76 Å². The van der Waals surface area contributed by atoms with Gasteiger partial charge in [-0.05, 0) is 43.3 Å². The second-order valence-corrected chi connectivity index (χ2v) is 10.3. The number of nitrogens with one attached hydrogen (secondary N) is 2. The third-order valence-electron chi connectivity index (χ3n) is 4.16. The Balaban J connectivity index is 1.54. The molecular weight excluding hydrogens is 420 g/mol. The van der Waals surface area contributed by atoms with Gasteiger partial charge in [0.15, 0.2) is 10.1 Å². The van der Waals surface area contributed by atoms with Gasteiger partial charge in [-0.3, -0.25) is 9.59 Å². The fraction of sp³-hybridized carbons (Fsp3) is 0.333. The summed E-state index contributed by atoms with van der Waals surface area (Å²) in [6.45, 7) is 7.93. The Bertz CT molecular complexity index is 992. The molecule has 158 valence electrons. The monoisotopic (exact) mass is 444 g/mol. The van der Waals surface area contributed by atoms with Crippen molar-refractivity contribution in [2.24, 2.45) is 5.41 Å². The van der Waals surface area contributed by atoms with Crippen molar-refractivity contribution in [1.29, 1.82) is 0 Å². The fourth-order valence-electron chi connectivity index (χ4n) is 2.38. The molecule has 1 atom stereocenters. The van der Waals surface area contributed by atoms with Gasteiger partial charge in [0, 0.05) is 16.7 Å². The maximum atomic E-state index is 12.7. The topological polar surface area (TPSA) is 97.1 Å². The molecule has 7 nitrogen and oxygen atoms in total. The van der Waals surface area contributed by atoms with Crippen molar-refractivity contribution in [3.63, 3.8) is 0 Å². The Morgan fingerprint density at radius 3 is 2.53 bits per heavy atom. The van der Waals surface area contributed by atoms with E-state index < -0.39 is 5.41 Å². The van der Waals surface area contributed by atoms with Gasteiger partial charge >= 0.3 is 0 Å². The highest BCUT2D eigenvalue weighted by molar-refractivity contribution is 8.02. The Kier molecular flexibility index (Phi) is 6.94. The maximum absolute atomic E-state index is 12.7. The molecule has 0 spiro atoms. The van der Waals surface area contributed by atoms with Gasteiger partial charge in [0.05, 0.1) is 18.1 Å². The number of benzene rings is 1. The van der Waals surface area contributed by atoms with Crippen LogP contribution in [-0.4, -0.2) is 27.1 Å². The first-order valence-corrected chi connectivity index (χ1v) is 11.1. The quantitative estimate of drug-likeness (QED) is 0.369. The Hall–Kier alpha value is -2.65. The summed E-state index contributed by atoms with van der Waals surface area (Å²) in [4.78, 5) is 24.8. The third kappa shape index (κ3) is 5.93. The van der Waals surface area contributed by atoms with E-state index in [2.05, 4.69) is 20.8 Å². The molecule has 3 aromatic rings. The molecule has 0 bridgehead atoms. The van der Waals surface area contributed by atoms with Crippen molar-refractivity contribution in [3.05, 3.63) is 54.0 Å². The van der Waals surface area contributed by atoms with Gasteiger partial charge in [-0.15, -0.1) is 10.2 Å².